The van der Waals surface area contributed by atoms with Gasteiger partial charge >= 0.3 is 0 Å². The molecule has 2 amide bonds. The zero-order valence-corrected chi connectivity index (χ0v) is 26.6. The molecule has 3 unspecified atom stereocenters. The average Bonchev–Trinajstić information content (AvgIpc) is 3.00. The van der Waals surface area contributed by atoms with Gasteiger partial charge in [-0.05, 0) is 62.2 Å². The molecule has 8 N–H and O–H groups in total. The van der Waals surface area contributed by atoms with Crippen molar-refractivity contribution in [2.45, 2.75) is 30.5 Å². The summed E-state index contributed by atoms with van der Waals surface area (Å²) in [5.41, 5.74) is 3.38. The van der Waals surface area contributed by atoms with Gasteiger partial charge in [-0.25, -0.2) is 0 Å². The molecule has 3 aliphatic carbocycles. The Balaban J connectivity index is 1.54. The highest BCUT2D eigenvalue weighted by Crippen LogP contribution is 2.53. The van der Waals surface area contributed by atoms with Gasteiger partial charge in [-0.1, -0.05) is 24.3 Å². The Morgan fingerprint density at radius 3 is 2.32 bits per heavy atom. The molecule has 3 aliphatic rings. The van der Waals surface area contributed by atoms with Crippen LogP contribution in [-0.4, -0.2) is 95.1 Å². The number of phenols is 1. The molecule has 13 heteroatoms. The summed E-state index contributed by atoms with van der Waals surface area (Å²) in [6, 6.07) is 8.44. The van der Waals surface area contributed by atoms with Crippen molar-refractivity contribution in [3.05, 3.63) is 82.6 Å². The first-order chi connectivity index (χ1) is 22.1. The average molecular weight is 646 g/mol. The molecule has 5 rings (SSSR count). The fourth-order valence-electron chi connectivity index (χ4n) is 7.05. The van der Waals surface area contributed by atoms with Gasteiger partial charge in [-0.15, -0.1) is 6.58 Å². The number of nitrogens with two attached hydrogens (primary N) is 1. The van der Waals surface area contributed by atoms with Crippen molar-refractivity contribution in [3.8, 4) is 5.75 Å². The first-order valence-electron chi connectivity index (χ1n) is 15.1. The van der Waals surface area contributed by atoms with Gasteiger partial charge in [0.1, 0.15) is 28.9 Å². The Morgan fingerprint density at radius 1 is 1.09 bits per heavy atom. The van der Waals surface area contributed by atoms with E-state index in [9.17, 15) is 39.6 Å². The Hall–Kier alpha value is -4.98. The number of likely N-dealkylation sites (N-methyl/N-ethyl adjacent to an activating group) is 1. The van der Waals surface area contributed by atoms with Crippen LogP contribution in [0.25, 0.3) is 5.76 Å². The summed E-state index contributed by atoms with van der Waals surface area (Å²) in [5, 5.41) is 51.5. The van der Waals surface area contributed by atoms with Gasteiger partial charge < -0.3 is 36.4 Å². The Morgan fingerprint density at radius 2 is 1.74 bits per heavy atom. The molecule has 0 aliphatic heterocycles. The summed E-state index contributed by atoms with van der Waals surface area (Å²) in [6.45, 7) is 4.01. The van der Waals surface area contributed by atoms with E-state index in [0.717, 1.165) is 5.69 Å². The molecule has 0 heterocycles. The molecule has 1 fully saturated rings. The maximum Gasteiger partial charge on any atom is 0.255 e. The van der Waals surface area contributed by atoms with Gasteiger partial charge in [0.2, 0.25) is 11.7 Å². The minimum Gasteiger partial charge on any atom is -0.508 e. The lowest BCUT2D eigenvalue weighted by Gasteiger charge is -2.50. The molecule has 2 aromatic carbocycles. The number of aliphatic hydroxyl groups is 3. The summed E-state index contributed by atoms with van der Waals surface area (Å²) in [4.78, 5) is 56.4. The van der Waals surface area contributed by atoms with Gasteiger partial charge in [0.15, 0.2) is 11.4 Å². The molecule has 47 heavy (non-hydrogen) atoms. The number of hydrogen-bond acceptors (Lipinski definition) is 11. The number of aliphatic hydroxyl groups excluding tert-OH is 2. The molecule has 5 atom stereocenters. The maximum atomic E-state index is 14.1. The monoisotopic (exact) mass is 645 g/mol. The van der Waals surface area contributed by atoms with Crippen LogP contribution in [0.3, 0.4) is 0 Å². The quantitative estimate of drug-likeness (QED) is 0.118. The maximum absolute atomic E-state index is 14.1. The number of primary amides is 1. The number of rotatable bonds is 9. The largest absolute Gasteiger partial charge is 0.508 e. The van der Waals surface area contributed by atoms with Crippen molar-refractivity contribution in [2.24, 2.45) is 17.6 Å². The molecule has 0 aromatic heterocycles. The zero-order chi connectivity index (χ0) is 34.5. The van der Waals surface area contributed by atoms with Gasteiger partial charge in [-0.3, -0.25) is 29.4 Å². The Kier molecular flexibility index (Phi) is 8.75. The number of ketones is 2. The van der Waals surface area contributed by atoms with Crippen molar-refractivity contribution in [2.75, 3.05) is 45.0 Å². The normalized spacial score (nSPS) is 24.3. The SMILES string of the molecule is C=CCNC(C(=O)Nc1ccc2c(c1O)C(O)=C1C(=O)[C@]3(O)C(O)=C(C(N)=O)C(=O)[C@@H](N(C)C)C3CC1C2)c1ccc(N(C)C)cc1. The number of hydrogen-bond donors (Lipinski definition) is 7. The molecular formula is C34H39N5O8. The van der Waals surface area contributed by atoms with E-state index in [-0.39, 0.29) is 29.7 Å². The number of anilines is 2. The molecule has 0 radical (unpaired) electrons. The van der Waals surface area contributed by atoms with E-state index in [1.807, 2.05) is 31.1 Å². The molecule has 0 saturated heterocycles. The van der Waals surface area contributed by atoms with Gasteiger partial charge in [-0.2, -0.15) is 0 Å². The third kappa shape index (κ3) is 5.35. The van der Waals surface area contributed by atoms with Crippen molar-refractivity contribution in [3.63, 3.8) is 0 Å². The van der Waals surface area contributed by atoms with Crippen LogP contribution in [0.4, 0.5) is 11.4 Å². The predicted molar refractivity (Wildman–Crippen MR) is 175 cm³/mol. The molecule has 248 valence electrons. The number of aromatic hydroxyl groups is 1. The van der Waals surface area contributed by atoms with Crippen LogP contribution < -0.4 is 21.3 Å². The first-order valence-corrected chi connectivity index (χ1v) is 15.1. The summed E-state index contributed by atoms with van der Waals surface area (Å²) in [6.07, 6.45) is 1.72. The highest BCUT2D eigenvalue weighted by atomic mass is 16.3. The minimum absolute atomic E-state index is 0.0196. The van der Waals surface area contributed by atoms with Crippen LogP contribution in [0.5, 0.6) is 5.75 Å². The second-order valence-electron chi connectivity index (χ2n) is 12.6. The summed E-state index contributed by atoms with van der Waals surface area (Å²) in [5.74, 6) is -7.91. The van der Waals surface area contributed by atoms with Gasteiger partial charge in [0.25, 0.3) is 5.91 Å². The third-order valence-corrected chi connectivity index (χ3v) is 9.32. The van der Waals surface area contributed by atoms with E-state index >= 15 is 0 Å². The smallest absolute Gasteiger partial charge is 0.255 e. The fraction of sp³-hybridized carbons (Fsp3) is 0.353. The lowest BCUT2D eigenvalue weighted by atomic mass is 9.57. The minimum atomic E-state index is -2.74. The van der Waals surface area contributed by atoms with E-state index in [2.05, 4.69) is 17.2 Å². The number of amides is 2. The highest BCUT2D eigenvalue weighted by molar-refractivity contribution is 6.24. The first kappa shape index (κ1) is 33.4. The number of carbonyl (C=O) groups excluding carboxylic acids is 4. The molecule has 2 aromatic rings. The summed E-state index contributed by atoms with van der Waals surface area (Å²) in [7, 11) is 6.87. The number of fused-ring (bicyclic) bond motifs is 3. The number of nitrogens with zero attached hydrogens (tertiary/aromatic N) is 2. The topological polar surface area (TPSA) is 206 Å². The number of benzene rings is 2. The lowest BCUT2D eigenvalue weighted by Crippen LogP contribution is -2.65. The Bertz CT molecular complexity index is 1750. The number of phenolic OH excluding ortho intramolecular Hbond substituents is 1. The van der Waals surface area contributed by atoms with E-state index in [0.29, 0.717) is 17.7 Å². The third-order valence-electron chi connectivity index (χ3n) is 9.32. The highest BCUT2D eigenvalue weighted by Gasteiger charge is 2.64. The molecule has 0 spiro atoms. The number of carbonyl (C=O) groups is 4. The molecule has 1 saturated carbocycles. The van der Waals surface area contributed by atoms with Crippen molar-refractivity contribution in [1.29, 1.82) is 0 Å². The molecule has 13 nitrogen and oxygen atoms in total. The summed E-state index contributed by atoms with van der Waals surface area (Å²) >= 11 is 0. The zero-order valence-electron chi connectivity index (χ0n) is 26.6. The lowest BCUT2D eigenvalue weighted by molar-refractivity contribution is -0.153. The van der Waals surface area contributed by atoms with Gasteiger partial charge in [0.05, 0.1) is 17.3 Å². The van der Waals surface area contributed by atoms with Crippen LogP contribution in [0, 0.1) is 11.8 Å². The fourth-order valence-corrected chi connectivity index (χ4v) is 7.05. The van der Waals surface area contributed by atoms with E-state index < -0.39 is 75.7 Å². The predicted octanol–water partition coefficient (Wildman–Crippen LogP) is 1.49. The van der Waals surface area contributed by atoms with Crippen LogP contribution in [-0.2, 0) is 25.6 Å². The van der Waals surface area contributed by atoms with Crippen LogP contribution >= 0.6 is 0 Å². The van der Waals surface area contributed by atoms with Crippen LogP contribution in [0.2, 0.25) is 0 Å². The van der Waals surface area contributed by atoms with Crippen molar-refractivity contribution < 1.29 is 39.6 Å². The van der Waals surface area contributed by atoms with Crippen LogP contribution in [0.1, 0.15) is 29.2 Å². The van der Waals surface area contributed by atoms with E-state index in [4.69, 9.17) is 5.73 Å². The second-order valence-corrected chi connectivity index (χ2v) is 12.6. The molecule has 0 bridgehead atoms. The van der Waals surface area contributed by atoms with Crippen LogP contribution in [0.15, 0.2) is 66.0 Å². The van der Waals surface area contributed by atoms with Crippen molar-refractivity contribution in [1.82, 2.24) is 10.2 Å². The second kappa shape index (κ2) is 12.3. The van der Waals surface area contributed by atoms with E-state index in [1.54, 1.807) is 24.3 Å². The van der Waals surface area contributed by atoms with Gasteiger partial charge in [0, 0.05) is 37.8 Å². The van der Waals surface area contributed by atoms with Crippen molar-refractivity contribution >= 4 is 40.5 Å². The number of nitrogens with one attached hydrogen (secondary N) is 2. The number of Topliss-reactive ketones (excluding diaryl/α,β-unsaturated/α-hetero) is 2. The Labute approximate surface area is 271 Å². The van der Waals surface area contributed by atoms with E-state index in [1.165, 1.54) is 25.1 Å². The molecular weight excluding hydrogens is 606 g/mol. The summed E-state index contributed by atoms with van der Waals surface area (Å²) < 4.78 is 0. The standard InChI is InChI=1S/C34H39N5O8/c1-6-13-36-25(16-7-10-19(11-8-16)38(2)3)33(46)37-21-12-9-17-14-18-15-20-26(39(4)5)29(42)24(32(35)45)31(44)34(20,47)30(43)23(18)28(41)22(17)27(21)40/h6-12,18,20,25-26,36,40-41,44,47H,1,13-15H2,2-5H3,(H2,35,45)(H,37,46)/t18?,20?,25?,26-,34-/m0/s1.